The second-order valence-electron chi connectivity index (χ2n) is 3.79. The molecule has 2 heterocycles. The van der Waals surface area contributed by atoms with Crippen LogP contribution in [0.2, 0.25) is 0 Å². The first-order valence-corrected chi connectivity index (χ1v) is 5.44. The summed E-state index contributed by atoms with van der Waals surface area (Å²) in [4.78, 5) is 21.8. The zero-order valence-corrected chi connectivity index (χ0v) is 9.92. The highest BCUT2D eigenvalue weighted by Gasteiger charge is 2.27. The molecule has 1 saturated heterocycles. The third-order valence-corrected chi connectivity index (χ3v) is 2.62. The third-order valence-electron chi connectivity index (χ3n) is 2.62. The molecule has 1 aliphatic heterocycles. The minimum absolute atomic E-state index is 0.347. The van der Waals surface area contributed by atoms with Gasteiger partial charge in [-0.1, -0.05) is 0 Å². The molecule has 0 amide bonds. The summed E-state index contributed by atoms with van der Waals surface area (Å²) < 4.78 is 10.0. The summed E-state index contributed by atoms with van der Waals surface area (Å²) in [5.41, 5.74) is 0. The maximum Gasteiger partial charge on any atom is 0.336 e. The van der Waals surface area contributed by atoms with E-state index in [1.54, 1.807) is 6.20 Å². The monoisotopic (exact) mass is 237 g/mol. The van der Waals surface area contributed by atoms with E-state index in [2.05, 4.69) is 14.7 Å². The van der Waals surface area contributed by atoms with Gasteiger partial charge >= 0.3 is 5.97 Å². The van der Waals surface area contributed by atoms with Crippen LogP contribution in [0.25, 0.3) is 0 Å². The van der Waals surface area contributed by atoms with Crippen LogP contribution in [0.1, 0.15) is 5.82 Å². The molecule has 0 radical (unpaired) electrons. The number of aromatic nitrogens is 2. The molecule has 1 aromatic heterocycles. The highest BCUT2D eigenvalue weighted by molar-refractivity contribution is 5.75. The SMILES string of the molecule is COC(=O)C1CN(c2ccnc(C)n2)CCO1. The van der Waals surface area contributed by atoms with Gasteiger partial charge in [0.2, 0.25) is 0 Å². The van der Waals surface area contributed by atoms with E-state index in [1.807, 2.05) is 17.9 Å². The lowest BCUT2D eigenvalue weighted by Crippen LogP contribution is -2.46. The Bertz CT molecular complexity index is 411. The van der Waals surface area contributed by atoms with Crippen molar-refractivity contribution in [2.75, 3.05) is 31.7 Å². The van der Waals surface area contributed by atoms with E-state index in [4.69, 9.17) is 4.74 Å². The zero-order chi connectivity index (χ0) is 12.3. The lowest BCUT2D eigenvalue weighted by atomic mass is 10.2. The number of hydrogen-bond acceptors (Lipinski definition) is 6. The van der Waals surface area contributed by atoms with Crippen molar-refractivity contribution in [3.8, 4) is 0 Å². The molecule has 92 valence electrons. The fourth-order valence-corrected chi connectivity index (χ4v) is 1.75. The van der Waals surface area contributed by atoms with Crippen molar-refractivity contribution >= 4 is 11.8 Å². The first-order chi connectivity index (χ1) is 8.20. The van der Waals surface area contributed by atoms with E-state index in [0.717, 1.165) is 5.82 Å². The van der Waals surface area contributed by atoms with Crippen LogP contribution in [0.15, 0.2) is 12.3 Å². The molecule has 0 spiro atoms. The average Bonchev–Trinajstić information content (AvgIpc) is 2.38. The van der Waals surface area contributed by atoms with Gasteiger partial charge in [-0.15, -0.1) is 0 Å². The van der Waals surface area contributed by atoms with Gasteiger partial charge < -0.3 is 14.4 Å². The lowest BCUT2D eigenvalue weighted by Gasteiger charge is -2.32. The van der Waals surface area contributed by atoms with Crippen LogP contribution in [0.5, 0.6) is 0 Å². The van der Waals surface area contributed by atoms with Crippen molar-refractivity contribution in [2.24, 2.45) is 0 Å². The van der Waals surface area contributed by atoms with Crippen molar-refractivity contribution in [1.29, 1.82) is 0 Å². The quantitative estimate of drug-likeness (QED) is 0.683. The van der Waals surface area contributed by atoms with Crippen molar-refractivity contribution < 1.29 is 14.3 Å². The van der Waals surface area contributed by atoms with Crippen LogP contribution in [-0.2, 0) is 14.3 Å². The Kier molecular flexibility index (Phi) is 3.53. The predicted molar refractivity (Wildman–Crippen MR) is 60.7 cm³/mol. The molecule has 1 fully saturated rings. The van der Waals surface area contributed by atoms with Crippen molar-refractivity contribution in [2.45, 2.75) is 13.0 Å². The van der Waals surface area contributed by atoms with E-state index < -0.39 is 6.10 Å². The van der Waals surface area contributed by atoms with Gasteiger partial charge in [-0.2, -0.15) is 0 Å². The molecule has 0 N–H and O–H groups in total. The molecule has 1 aliphatic rings. The number of methoxy groups -OCH3 is 1. The Morgan fingerprint density at radius 2 is 2.47 bits per heavy atom. The Balaban J connectivity index is 2.09. The van der Waals surface area contributed by atoms with Gasteiger partial charge in [0.05, 0.1) is 20.3 Å². The molecule has 0 bridgehead atoms. The highest BCUT2D eigenvalue weighted by atomic mass is 16.6. The van der Waals surface area contributed by atoms with Gasteiger partial charge in [0.1, 0.15) is 11.6 Å². The molecule has 17 heavy (non-hydrogen) atoms. The number of carbonyl (C=O) groups excluding carboxylic acids is 1. The van der Waals surface area contributed by atoms with E-state index in [9.17, 15) is 4.79 Å². The summed E-state index contributed by atoms with van der Waals surface area (Å²) in [7, 11) is 1.36. The Morgan fingerprint density at radius 3 is 3.18 bits per heavy atom. The Morgan fingerprint density at radius 1 is 1.65 bits per heavy atom. The maximum absolute atomic E-state index is 11.4. The van der Waals surface area contributed by atoms with E-state index in [1.165, 1.54) is 7.11 Å². The molecule has 1 aromatic rings. The van der Waals surface area contributed by atoms with Gasteiger partial charge in [-0.3, -0.25) is 0 Å². The molecule has 6 heteroatoms. The molecule has 1 unspecified atom stereocenters. The largest absolute Gasteiger partial charge is 0.467 e. The fraction of sp³-hybridized carbons (Fsp3) is 0.545. The second kappa shape index (κ2) is 5.09. The summed E-state index contributed by atoms with van der Waals surface area (Å²) in [5, 5.41) is 0. The van der Waals surface area contributed by atoms with Crippen molar-refractivity contribution in [3.63, 3.8) is 0 Å². The topological polar surface area (TPSA) is 64.5 Å². The van der Waals surface area contributed by atoms with Gasteiger partial charge in [0.25, 0.3) is 0 Å². The van der Waals surface area contributed by atoms with Crippen molar-refractivity contribution in [3.05, 3.63) is 18.1 Å². The molecule has 0 aliphatic carbocycles. The van der Waals surface area contributed by atoms with Gasteiger partial charge in [0, 0.05) is 12.7 Å². The maximum atomic E-state index is 11.4. The molecular weight excluding hydrogens is 222 g/mol. The smallest absolute Gasteiger partial charge is 0.336 e. The minimum Gasteiger partial charge on any atom is -0.467 e. The molecular formula is C11H15N3O3. The number of anilines is 1. The number of hydrogen-bond donors (Lipinski definition) is 0. The molecule has 2 rings (SSSR count). The number of morpholine rings is 1. The van der Waals surface area contributed by atoms with Crippen LogP contribution in [0.4, 0.5) is 5.82 Å². The normalized spacial score (nSPS) is 20.1. The van der Waals surface area contributed by atoms with Crippen LogP contribution >= 0.6 is 0 Å². The average molecular weight is 237 g/mol. The van der Waals surface area contributed by atoms with Crippen LogP contribution < -0.4 is 4.90 Å². The first kappa shape index (κ1) is 11.8. The van der Waals surface area contributed by atoms with Gasteiger partial charge in [-0.25, -0.2) is 14.8 Å². The van der Waals surface area contributed by atoms with E-state index in [-0.39, 0.29) is 5.97 Å². The number of nitrogens with zero attached hydrogens (tertiary/aromatic N) is 3. The number of ether oxygens (including phenoxy) is 2. The van der Waals surface area contributed by atoms with E-state index >= 15 is 0 Å². The summed E-state index contributed by atoms with van der Waals surface area (Å²) in [6, 6.07) is 1.83. The zero-order valence-electron chi connectivity index (χ0n) is 9.92. The van der Waals surface area contributed by atoms with Crippen LogP contribution in [-0.4, -0.2) is 48.8 Å². The number of esters is 1. The van der Waals surface area contributed by atoms with Crippen LogP contribution in [0.3, 0.4) is 0 Å². The second-order valence-corrected chi connectivity index (χ2v) is 3.79. The number of carbonyl (C=O) groups is 1. The molecule has 6 nitrogen and oxygen atoms in total. The first-order valence-electron chi connectivity index (χ1n) is 5.44. The van der Waals surface area contributed by atoms with Crippen molar-refractivity contribution in [1.82, 2.24) is 9.97 Å². The highest BCUT2D eigenvalue weighted by Crippen LogP contribution is 2.15. The molecule has 0 aromatic carbocycles. The number of aryl methyl sites for hydroxylation is 1. The lowest BCUT2D eigenvalue weighted by molar-refractivity contribution is -0.154. The number of rotatable bonds is 2. The summed E-state index contributed by atoms with van der Waals surface area (Å²) in [6.07, 6.45) is 1.17. The Hall–Kier alpha value is -1.69. The predicted octanol–water partition coefficient (Wildman–Crippen LogP) is 0.163. The molecule has 1 atom stereocenters. The van der Waals surface area contributed by atoms with E-state index in [0.29, 0.717) is 25.5 Å². The minimum atomic E-state index is -0.538. The summed E-state index contributed by atoms with van der Waals surface area (Å²) in [6.45, 7) is 3.50. The fourth-order valence-electron chi connectivity index (χ4n) is 1.75. The molecule has 0 saturated carbocycles. The van der Waals surface area contributed by atoms with Crippen LogP contribution in [0, 0.1) is 6.92 Å². The Labute approximate surface area is 99.6 Å². The summed E-state index contributed by atoms with van der Waals surface area (Å²) >= 11 is 0. The summed E-state index contributed by atoms with van der Waals surface area (Å²) in [5.74, 6) is 1.18. The van der Waals surface area contributed by atoms with Gasteiger partial charge in [0.15, 0.2) is 6.10 Å². The standard InChI is InChI=1S/C11H15N3O3/c1-8-12-4-3-10(13-8)14-5-6-17-9(7-14)11(15)16-2/h3-4,9H,5-7H2,1-2H3. The van der Waals surface area contributed by atoms with Gasteiger partial charge in [-0.05, 0) is 13.0 Å². The third kappa shape index (κ3) is 2.71.